The molecule has 0 spiro atoms. The lowest BCUT2D eigenvalue weighted by Crippen LogP contribution is -2.42. The van der Waals surface area contributed by atoms with E-state index in [-0.39, 0.29) is 5.91 Å². The second-order valence-corrected chi connectivity index (χ2v) is 6.17. The summed E-state index contributed by atoms with van der Waals surface area (Å²) in [4.78, 5) is 14.6. The van der Waals surface area contributed by atoms with E-state index in [4.69, 9.17) is 16.3 Å². The van der Waals surface area contributed by atoms with Crippen molar-refractivity contribution in [3.05, 3.63) is 29.3 Å². The van der Waals surface area contributed by atoms with Crippen LogP contribution in [0.15, 0.2) is 24.3 Å². The van der Waals surface area contributed by atoms with Crippen molar-refractivity contribution < 1.29 is 9.53 Å². The van der Waals surface area contributed by atoms with E-state index >= 15 is 0 Å². The zero-order valence-electron chi connectivity index (χ0n) is 12.1. The molecular weight excluding hydrogens is 288 g/mol. The van der Waals surface area contributed by atoms with Gasteiger partial charge in [0.2, 0.25) is 5.91 Å². The highest BCUT2D eigenvalue weighted by Gasteiger charge is 2.37. The maximum Gasteiger partial charge on any atom is 0.226 e. The van der Waals surface area contributed by atoms with Crippen LogP contribution in [-0.2, 0) is 4.79 Å². The molecule has 0 aromatic heterocycles. The van der Waals surface area contributed by atoms with Gasteiger partial charge in [0.1, 0.15) is 5.75 Å². The van der Waals surface area contributed by atoms with Crippen LogP contribution in [0.3, 0.4) is 0 Å². The second kappa shape index (κ2) is 6.67. The van der Waals surface area contributed by atoms with Crippen molar-refractivity contribution in [2.24, 2.45) is 0 Å². The molecule has 1 amide bonds. The number of nitrogens with zero attached hydrogens (tertiary/aromatic N) is 1. The minimum Gasteiger partial charge on any atom is -0.493 e. The summed E-state index contributed by atoms with van der Waals surface area (Å²) < 4.78 is 5.62. The fourth-order valence-corrected chi connectivity index (χ4v) is 3.43. The number of fused-ring (bicyclic) bond motifs is 2. The first kappa shape index (κ1) is 14.7. The number of hydrogen-bond donors (Lipinski definition) is 1. The molecule has 3 rings (SSSR count). The van der Waals surface area contributed by atoms with Crippen LogP contribution < -0.4 is 10.1 Å². The van der Waals surface area contributed by atoms with Crippen molar-refractivity contribution >= 4 is 17.5 Å². The van der Waals surface area contributed by atoms with Crippen LogP contribution in [0.2, 0.25) is 5.02 Å². The number of ether oxygens (including phenoxy) is 1. The van der Waals surface area contributed by atoms with Crippen LogP contribution in [-0.4, -0.2) is 42.6 Å². The fourth-order valence-electron chi connectivity index (χ4n) is 3.31. The van der Waals surface area contributed by atoms with Crippen LogP contribution >= 0.6 is 11.6 Å². The summed E-state index contributed by atoms with van der Waals surface area (Å²) in [5, 5.41) is 4.10. The summed E-state index contributed by atoms with van der Waals surface area (Å²) in [6.07, 6.45) is 3.79. The lowest BCUT2D eigenvalue weighted by molar-refractivity contribution is -0.134. The Balaban J connectivity index is 1.51. The highest BCUT2D eigenvalue weighted by atomic mass is 35.5. The van der Waals surface area contributed by atoms with Gasteiger partial charge in [-0.1, -0.05) is 11.6 Å². The van der Waals surface area contributed by atoms with Gasteiger partial charge in [-0.3, -0.25) is 4.79 Å². The Morgan fingerprint density at radius 3 is 2.81 bits per heavy atom. The molecule has 4 nitrogen and oxygen atoms in total. The third kappa shape index (κ3) is 3.50. The smallest absolute Gasteiger partial charge is 0.226 e. The average molecular weight is 309 g/mol. The number of nitrogens with one attached hydrogen (secondary N) is 1. The third-order valence-electron chi connectivity index (χ3n) is 4.34. The molecule has 2 unspecified atom stereocenters. The number of benzene rings is 1. The lowest BCUT2D eigenvalue weighted by Gasteiger charge is -2.28. The van der Waals surface area contributed by atoms with Crippen molar-refractivity contribution in [3.8, 4) is 5.75 Å². The summed E-state index contributed by atoms with van der Waals surface area (Å²) in [7, 11) is 0. The summed E-state index contributed by atoms with van der Waals surface area (Å²) >= 11 is 5.83. The zero-order chi connectivity index (χ0) is 14.7. The molecule has 1 N–H and O–H groups in total. The van der Waals surface area contributed by atoms with Gasteiger partial charge in [0.15, 0.2) is 0 Å². The molecule has 0 radical (unpaired) electrons. The van der Waals surface area contributed by atoms with Gasteiger partial charge in [-0.05, 0) is 50.1 Å². The highest BCUT2D eigenvalue weighted by Crippen LogP contribution is 2.28. The molecule has 0 aliphatic carbocycles. The van der Waals surface area contributed by atoms with Crippen molar-refractivity contribution in [3.63, 3.8) is 0 Å². The van der Waals surface area contributed by atoms with E-state index in [1.54, 1.807) is 12.1 Å². The van der Waals surface area contributed by atoms with E-state index in [9.17, 15) is 4.79 Å². The van der Waals surface area contributed by atoms with Gasteiger partial charge < -0.3 is 15.0 Å². The summed E-state index contributed by atoms with van der Waals surface area (Å²) in [6, 6.07) is 8.03. The molecule has 1 aromatic rings. The molecule has 2 fully saturated rings. The molecule has 2 aliphatic heterocycles. The molecule has 114 valence electrons. The Morgan fingerprint density at radius 1 is 1.24 bits per heavy atom. The maximum absolute atomic E-state index is 12.5. The molecular formula is C16H21ClN2O2. The standard InChI is InChI=1S/C16H21ClN2O2/c17-12-1-5-15(6-2-12)21-10-8-16(20)19-13-3-4-14(19)11-18-9-7-13/h1-2,5-6,13-14,18H,3-4,7-11H2. The second-order valence-electron chi connectivity index (χ2n) is 5.73. The van der Waals surface area contributed by atoms with Gasteiger partial charge in [0.25, 0.3) is 0 Å². The number of amides is 1. The van der Waals surface area contributed by atoms with Crippen molar-refractivity contribution in [2.75, 3.05) is 19.7 Å². The molecule has 5 heteroatoms. The predicted molar refractivity (Wildman–Crippen MR) is 82.7 cm³/mol. The molecule has 2 aliphatic rings. The lowest BCUT2D eigenvalue weighted by atomic mass is 10.1. The molecule has 2 saturated heterocycles. The summed E-state index contributed by atoms with van der Waals surface area (Å²) in [5.74, 6) is 0.980. The van der Waals surface area contributed by atoms with Gasteiger partial charge in [-0.15, -0.1) is 0 Å². The summed E-state index contributed by atoms with van der Waals surface area (Å²) in [6.45, 7) is 2.37. The molecule has 2 heterocycles. The number of hydrogen-bond acceptors (Lipinski definition) is 3. The first-order valence-corrected chi connectivity index (χ1v) is 8.02. The Morgan fingerprint density at radius 2 is 2.00 bits per heavy atom. The molecule has 0 saturated carbocycles. The number of halogens is 1. The largest absolute Gasteiger partial charge is 0.493 e. The molecule has 1 aromatic carbocycles. The van der Waals surface area contributed by atoms with Gasteiger partial charge in [0.05, 0.1) is 13.0 Å². The minimum absolute atomic E-state index is 0.222. The SMILES string of the molecule is O=C(CCOc1ccc(Cl)cc1)N1C2CCNCC1CC2. The molecule has 2 bridgehead atoms. The van der Waals surface area contributed by atoms with Crippen LogP contribution in [0, 0.1) is 0 Å². The maximum atomic E-state index is 12.5. The van der Waals surface area contributed by atoms with Crippen molar-refractivity contribution in [1.29, 1.82) is 0 Å². The topological polar surface area (TPSA) is 41.6 Å². The third-order valence-corrected chi connectivity index (χ3v) is 4.59. The van der Waals surface area contributed by atoms with Crippen LogP contribution in [0.25, 0.3) is 0 Å². The van der Waals surface area contributed by atoms with Crippen molar-refractivity contribution in [1.82, 2.24) is 10.2 Å². The zero-order valence-corrected chi connectivity index (χ0v) is 12.8. The van der Waals surface area contributed by atoms with Gasteiger partial charge >= 0.3 is 0 Å². The monoisotopic (exact) mass is 308 g/mol. The Bertz CT molecular complexity index is 478. The van der Waals surface area contributed by atoms with Crippen LogP contribution in [0.1, 0.15) is 25.7 Å². The van der Waals surface area contributed by atoms with Gasteiger partial charge in [0, 0.05) is 23.7 Å². The molecule has 2 atom stereocenters. The Kier molecular flexibility index (Phi) is 4.66. The van der Waals surface area contributed by atoms with E-state index in [0.29, 0.717) is 30.1 Å². The van der Waals surface area contributed by atoms with E-state index in [1.165, 1.54) is 0 Å². The summed E-state index contributed by atoms with van der Waals surface area (Å²) in [5.41, 5.74) is 0. The fraction of sp³-hybridized carbons (Fsp3) is 0.562. The quantitative estimate of drug-likeness (QED) is 0.929. The van der Waals surface area contributed by atoms with Crippen LogP contribution in [0.4, 0.5) is 0 Å². The predicted octanol–water partition coefficient (Wildman–Crippen LogP) is 2.46. The van der Waals surface area contributed by atoms with Gasteiger partial charge in [-0.2, -0.15) is 0 Å². The number of carbonyl (C=O) groups is 1. The number of carbonyl (C=O) groups excluding carboxylic acids is 1. The van der Waals surface area contributed by atoms with Crippen molar-refractivity contribution in [2.45, 2.75) is 37.8 Å². The molecule has 21 heavy (non-hydrogen) atoms. The Hall–Kier alpha value is -1.26. The number of rotatable bonds is 4. The van der Waals surface area contributed by atoms with E-state index in [0.717, 1.165) is 38.1 Å². The highest BCUT2D eigenvalue weighted by molar-refractivity contribution is 6.30. The first-order valence-electron chi connectivity index (χ1n) is 7.64. The first-order chi connectivity index (χ1) is 10.2. The van der Waals surface area contributed by atoms with E-state index < -0.39 is 0 Å². The normalized spacial score (nSPS) is 24.7. The van der Waals surface area contributed by atoms with E-state index in [2.05, 4.69) is 10.2 Å². The Labute approximate surface area is 130 Å². The average Bonchev–Trinajstić information content (AvgIpc) is 2.74. The van der Waals surface area contributed by atoms with Crippen LogP contribution in [0.5, 0.6) is 5.75 Å². The minimum atomic E-state index is 0.222. The van der Waals surface area contributed by atoms with Gasteiger partial charge in [-0.25, -0.2) is 0 Å². The van der Waals surface area contributed by atoms with E-state index in [1.807, 2.05) is 12.1 Å².